The summed E-state index contributed by atoms with van der Waals surface area (Å²) in [6.07, 6.45) is 15.2. The molecule has 94 valence electrons. The maximum atomic E-state index is 6.38. The second-order valence-corrected chi connectivity index (χ2v) is 5.75. The SMILES string of the molecule is C=CCCCCCC(N)C1(C)CCCCC1. The summed E-state index contributed by atoms with van der Waals surface area (Å²) in [5.74, 6) is 0. The quantitative estimate of drug-likeness (QED) is 0.502. The van der Waals surface area contributed by atoms with Gasteiger partial charge in [0.1, 0.15) is 0 Å². The minimum absolute atomic E-state index is 0.427. The van der Waals surface area contributed by atoms with Crippen LogP contribution < -0.4 is 5.73 Å². The maximum Gasteiger partial charge on any atom is 0.00929 e. The Balaban J connectivity index is 2.17. The largest absolute Gasteiger partial charge is 0.327 e. The predicted molar refractivity (Wildman–Crippen MR) is 72.4 cm³/mol. The van der Waals surface area contributed by atoms with Gasteiger partial charge in [0.05, 0.1) is 0 Å². The number of unbranched alkanes of at least 4 members (excludes halogenated alkanes) is 3. The molecule has 0 radical (unpaired) electrons. The molecule has 2 N–H and O–H groups in total. The van der Waals surface area contributed by atoms with E-state index in [4.69, 9.17) is 5.73 Å². The average Bonchev–Trinajstić information content (AvgIpc) is 2.29. The molecule has 1 aliphatic rings. The highest BCUT2D eigenvalue weighted by Crippen LogP contribution is 2.39. The van der Waals surface area contributed by atoms with Gasteiger partial charge in [0, 0.05) is 6.04 Å². The second-order valence-electron chi connectivity index (χ2n) is 5.75. The summed E-state index contributed by atoms with van der Waals surface area (Å²) >= 11 is 0. The van der Waals surface area contributed by atoms with Crippen molar-refractivity contribution in [3.63, 3.8) is 0 Å². The highest BCUT2D eigenvalue weighted by Gasteiger charge is 2.32. The van der Waals surface area contributed by atoms with Crippen LogP contribution in [-0.4, -0.2) is 6.04 Å². The lowest BCUT2D eigenvalue weighted by molar-refractivity contribution is 0.161. The van der Waals surface area contributed by atoms with Gasteiger partial charge in [-0.2, -0.15) is 0 Å². The summed E-state index contributed by atoms with van der Waals surface area (Å²) in [6.45, 7) is 6.16. The normalized spacial score (nSPS) is 21.6. The summed E-state index contributed by atoms with van der Waals surface area (Å²) in [5.41, 5.74) is 6.82. The molecular weight excluding hydrogens is 194 g/mol. The molecule has 0 saturated heterocycles. The topological polar surface area (TPSA) is 26.0 Å². The van der Waals surface area contributed by atoms with Crippen LogP contribution in [0.3, 0.4) is 0 Å². The number of hydrogen-bond donors (Lipinski definition) is 1. The Morgan fingerprint density at radius 3 is 2.50 bits per heavy atom. The minimum atomic E-state index is 0.427. The van der Waals surface area contributed by atoms with Gasteiger partial charge in [0.25, 0.3) is 0 Å². The fraction of sp³-hybridized carbons (Fsp3) is 0.867. The van der Waals surface area contributed by atoms with Crippen molar-refractivity contribution in [3.05, 3.63) is 12.7 Å². The first-order valence-electron chi connectivity index (χ1n) is 7.05. The predicted octanol–water partition coefficient (Wildman–Crippen LogP) is 4.42. The minimum Gasteiger partial charge on any atom is -0.327 e. The van der Waals surface area contributed by atoms with Crippen molar-refractivity contribution in [1.82, 2.24) is 0 Å². The number of hydrogen-bond acceptors (Lipinski definition) is 1. The molecule has 0 aromatic carbocycles. The second kappa shape index (κ2) is 7.11. The maximum absolute atomic E-state index is 6.38. The van der Waals surface area contributed by atoms with Crippen LogP contribution in [0.15, 0.2) is 12.7 Å². The van der Waals surface area contributed by atoms with Crippen LogP contribution >= 0.6 is 0 Å². The Kier molecular flexibility index (Phi) is 6.12. The Hall–Kier alpha value is -0.300. The molecular formula is C15H29N. The molecule has 1 rings (SSSR count). The van der Waals surface area contributed by atoms with E-state index in [2.05, 4.69) is 13.5 Å². The summed E-state index contributed by atoms with van der Waals surface area (Å²) in [6, 6.07) is 0.427. The monoisotopic (exact) mass is 223 g/mol. The lowest BCUT2D eigenvalue weighted by Crippen LogP contribution is -2.40. The van der Waals surface area contributed by atoms with Crippen LogP contribution in [0.5, 0.6) is 0 Å². The van der Waals surface area contributed by atoms with E-state index >= 15 is 0 Å². The van der Waals surface area contributed by atoms with Crippen molar-refractivity contribution in [2.45, 2.75) is 77.2 Å². The van der Waals surface area contributed by atoms with Gasteiger partial charge in [-0.1, -0.05) is 45.1 Å². The Labute approximate surface area is 101 Å². The van der Waals surface area contributed by atoms with Crippen LogP contribution in [0.2, 0.25) is 0 Å². The van der Waals surface area contributed by atoms with Crippen LogP contribution in [0.25, 0.3) is 0 Å². The molecule has 1 fully saturated rings. The molecule has 0 aromatic heterocycles. The number of rotatable bonds is 7. The van der Waals surface area contributed by atoms with Crippen LogP contribution in [0.4, 0.5) is 0 Å². The summed E-state index contributed by atoms with van der Waals surface area (Å²) in [4.78, 5) is 0. The van der Waals surface area contributed by atoms with Gasteiger partial charge in [0.15, 0.2) is 0 Å². The lowest BCUT2D eigenvalue weighted by Gasteiger charge is -2.39. The van der Waals surface area contributed by atoms with Crippen LogP contribution in [0.1, 0.15) is 71.1 Å². The fourth-order valence-electron chi connectivity index (χ4n) is 2.91. The lowest BCUT2D eigenvalue weighted by atomic mass is 9.69. The first kappa shape index (κ1) is 13.8. The van der Waals surface area contributed by atoms with Crippen molar-refractivity contribution in [1.29, 1.82) is 0 Å². The fourth-order valence-corrected chi connectivity index (χ4v) is 2.91. The molecule has 1 atom stereocenters. The van der Waals surface area contributed by atoms with Gasteiger partial charge >= 0.3 is 0 Å². The van der Waals surface area contributed by atoms with Gasteiger partial charge in [0.2, 0.25) is 0 Å². The number of allylic oxidation sites excluding steroid dienone is 1. The molecule has 1 aliphatic carbocycles. The van der Waals surface area contributed by atoms with E-state index in [1.165, 1.54) is 57.8 Å². The van der Waals surface area contributed by atoms with Gasteiger partial charge in [-0.25, -0.2) is 0 Å². The summed E-state index contributed by atoms with van der Waals surface area (Å²) in [7, 11) is 0. The molecule has 0 spiro atoms. The zero-order chi connectivity index (χ0) is 11.9. The average molecular weight is 223 g/mol. The third-order valence-electron chi connectivity index (χ3n) is 4.31. The van der Waals surface area contributed by atoms with E-state index in [1.807, 2.05) is 6.08 Å². The summed E-state index contributed by atoms with van der Waals surface area (Å²) < 4.78 is 0. The van der Waals surface area contributed by atoms with Gasteiger partial charge in [-0.15, -0.1) is 6.58 Å². The molecule has 1 nitrogen and oxygen atoms in total. The highest BCUT2D eigenvalue weighted by atomic mass is 14.7. The van der Waals surface area contributed by atoms with Crippen molar-refractivity contribution in [2.24, 2.45) is 11.1 Å². The van der Waals surface area contributed by atoms with Gasteiger partial charge in [-0.3, -0.25) is 0 Å². The zero-order valence-corrected chi connectivity index (χ0v) is 11.0. The molecule has 1 unspecified atom stereocenters. The van der Waals surface area contributed by atoms with E-state index in [-0.39, 0.29) is 0 Å². The van der Waals surface area contributed by atoms with Crippen molar-refractivity contribution in [3.8, 4) is 0 Å². The smallest absolute Gasteiger partial charge is 0.00929 e. The van der Waals surface area contributed by atoms with Crippen LogP contribution in [0, 0.1) is 5.41 Å². The van der Waals surface area contributed by atoms with E-state index in [0.717, 1.165) is 6.42 Å². The van der Waals surface area contributed by atoms with Crippen LogP contribution in [-0.2, 0) is 0 Å². The van der Waals surface area contributed by atoms with Gasteiger partial charge < -0.3 is 5.73 Å². The van der Waals surface area contributed by atoms with Crippen molar-refractivity contribution in [2.75, 3.05) is 0 Å². The van der Waals surface area contributed by atoms with E-state index < -0.39 is 0 Å². The van der Waals surface area contributed by atoms with Gasteiger partial charge in [-0.05, 0) is 37.5 Å². The zero-order valence-electron chi connectivity index (χ0n) is 11.0. The Morgan fingerprint density at radius 2 is 1.88 bits per heavy atom. The molecule has 16 heavy (non-hydrogen) atoms. The highest BCUT2D eigenvalue weighted by molar-refractivity contribution is 4.87. The van der Waals surface area contributed by atoms with Crippen molar-refractivity contribution < 1.29 is 0 Å². The third-order valence-corrected chi connectivity index (χ3v) is 4.31. The van der Waals surface area contributed by atoms with E-state index in [1.54, 1.807) is 0 Å². The van der Waals surface area contributed by atoms with Crippen molar-refractivity contribution >= 4 is 0 Å². The number of nitrogens with two attached hydrogens (primary N) is 1. The third kappa shape index (κ3) is 4.29. The standard InChI is InChI=1S/C15H29N/c1-3-4-5-6-8-11-14(16)15(2)12-9-7-10-13-15/h3,14H,1,4-13,16H2,2H3. The summed E-state index contributed by atoms with van der Waals surface area (Å²) in [5, 5.41) is 0. The van der Waals surface area contributed by atoms with E-state index in [0.29, 0.717) is 11.5 Å². The Morgan fingerprint density at radius 1 is 1.19 bits per heavy atom. The molecule has 0 bridgehead atoms. The molecule has 0 amide bonds. The Bertz CT molecular complexity index is 192. The molecule has 1 heteroatoms. The first-order chi connectivity index (χ1) is 7.69. The first-order valence-corrected chi connectivity index (χ1v) is 7.05. The van der Waals surface area contributed by atoms with E-state index in [9.17, 15) is 0 Å². The molecule has 0 aliphatic heterocycles. The molecule has 1 saturated carbocycles. The molecule has 0 aromatic rings. The molecule has 0 heterocycles.